The zero-order valence-corrected chi connectivity index (χ0v) is 18.1. The Kier molecular flexibility index (Phi) is 5.83. The summed E-state index contributed by atoms with van der Waals surface area (Å²) in [5.74, 6) is 2.60. The van der Waals surface area contributed by atoms with Crippen LogP contribution in [-0.4, -0.2) is 39.5 Å². The molecule has 2 N–H and O–H groups in total. The fraction of sp³-hybridized carbons (Fsp3) is 0.591. The second-order valence-electron chi connectivity index (χ2n) is 8.68. The van der Waals surface area contributed by atoms with Crippen LogP contribution in [0.3, 0.4) is 0 Å². The summed E-state index contributed by atoms with van der Waals surface area (Å²) in [6.45, 7) is 6.33. The second-order valence-corrected chi connectivity index (χ2v) is 8.68. The molecule has 0 amide bonds. The summed E-state index contributed by atoms with van der Waals surface area (Å²) >= 11 is 0. The van der Waals surface area contributed by atoms with Gasteiger partial charge >= 0.3 is 5.69 Å². The van der Waals surface area contributed by atoms with Gasteiger partial charge in [-0.2, -0.15) is 5.10 Å². The lowest BCUT2D eigenvalue weighted by Gasteiger charge is -2.38. The van der Waals surface area contributed by atoms with Gasteiger partial charge in [0.05, 0.1) is 6.04 Å². The van der Waals surface area contributed by atoms with Gasteiger partial charge in [0.1, 0.15) is 17.2 Å². The lowest BCUT2D eigenvalue weighted by molar-refractivity contribution is 0.0694. The zero-order chi connectivity index (χ0) is 21.1. The predicted molar refractivity (Wildman–Crippen MR) is 117 cm³/mol. The van der Waals surface area contributed by atoms with Gasteiger partial charge in [0.15, 0.2) is 5.96 Å². The molecule has 30 heavy (non-hydrogen) atoms. The first kappa shape index (κ1) is 20.5. The average molecular weight is 413 g/mol. The Labute approximate surface area is 177 Å². The third-order valence-corrected chi connectivity index (χ3v) is 5.78. The van der Waals surface area contributed by atoms with Crippen LogP contribution in [0, 0.1) is 0 Å². The van der Waals surface area contributed by atoms with E-state index in [9.17, 15) is 4.79 Å². The Morgan fingerprint density at radius 3 is 2.97 bits per heavy atom. The number of guanidine groups is 1. The molecule has 0 bridgehead atoms. The first-order chi connectivity index (χ1) is 14.5. The van der Waals surface area contributed by atoms with Crippen LogP contribution in [0.5, 0.6) is 5.75 Å². The molecule has 1 unspecified atom stereocenters. The molecular formula is C22H32N6O2. The van der Waals surface area contributed by atoms with Crippen LogP contribution in [0.1, 0.15) is 57.0 Å². The Balaban J connectivity index is 1.33. The van der Waals surface area contributed by atoms with E-state index in [-0.39, 0.29) is 17.3 Å². The van der Waals surface area contributed by atoms with E-state index >= 15 is 0 Å². The highest BCUT2D eigenvalue weighted by Gasteiger charge is 2.33. The van der Waals surface area contributed by atoms with E-state index in [0.29, 0.717) is 13.1 Å². The number of aromatic nitrogens is 3. The van der Waals surface area contributed by atoms with Gasteiger partial charge in [-0.3, -0.25) is 9.56 Å². The largest absolute Gasteiger partial charge is 0.487 e. The molecule has 2 aliphatic heterocycles. The predicted octanol–water partition coefficient (Wildman–Crippen LogP) is 2.24. The van der Waals surface area contributed by atoms with Crippen LogP contribution in [0.25, 0.3) is 0 Å². The normalized spacial score (nSPS) is 20.1. The van der Waals surface area contributed by atoms with Gasteiger partial charge in [-0.25, -0.2) is 9.48 Å². The first-order valence-corrected chi connectivity index (χ1v) is 10.9. The summed E-state index contributed by atoms with van der Waals surface area (Å²) in [4.78, 5) is 16.8. The number of para-hydroxylation sites is 1. The van der Waals surface area contributed by atoms with E-state index in [2.05, 4.69) is 40.6 Å². The second kappa shape index (κ2) is 8.53. The number of hydrogen-bond donors (Lipinski definition) is 2. The minimum absolute atomic E-state index is 0.0215. The van der Waals surface area contributed by atoms with Gasteiger partial charge in [0, 0.05) is 45.1 Å². The van der Waals surface area contributed by atoms with Gasteiger partial charge < -0.3 is 15.4 Å². The van der Waals surface area contributed by atoms with Crippen molar-refractivity contribution in [2.45, 2.75) is 70.7 Å². The number of benzene rings is 1. The monoisotopic (exact) mass is 412 g/mol. The van der Waals surface area contributed by atoms with E-state index in [1.807, 2.05) is 22.8 Å². The maximum absolute atomic E-state index is 12.4. The van der Waals surface area contributed by atoms with Crippen LogP contribution in [-0.2, 0) is 19.5 Å². The van der Waals surface area contributed by atoms with Gasteiger partial charge in [-0.05, 0) is 39.2 Å². The van der Waals surface area contributed by atoms with Crippen LogP contribution in [0.2, 0.25) is 0 Å². The summed E-state index contributed by atoms with van der Waals surface area (Å²) in [7, 11) is 1.78. The summed E-state index contributed by atoms with van der Waals surface area (Å²) in [5.41, 5.74) is 0.926. The average Bonchev–Trinajstić information content (AvgIpc) is 3.05. The van der Waals surface area contributed by atoms with Crippen molar-refractivity contribution in [1.82, 2.24) is 25.0 Å². The minimum atomic E-state index is -0.244. The Morgan fingerprint density at radius 1 is 1.33 bits per heavy atom. The number of rotatable bonds is 5. The Hall–Kier alpha value is -2.77. The van der Waals surface area contributed by atoms with Gasteiger partial charge in [0.2, 0.25) is 0 Å². The highest BCUT2D eigenvalue weighted by atomic mass is 16.5. The van der Waals surface area contributed by atoms with Crippen molar-refractivity contribution in [3.05, 3.63) is 46.1 Å². The molecule has 0 fully saturated rings. The maximum Gasteiger partial charge on any atom is 0.345 e. The van der Waals surface area contributed by atoms with E-state index in [1.54, 1.807) is 11.7 Å². The van der Waals surface area contributed by atoms with Crippen molar-refractivity contribution in [2.75, 3.05) is 13.6 Å². The van der Waals surface area contributed by atoms with Gasteiger partial charge in [0.25, 0.3) is 0 Å². The van der Waals surface area contributed by atoms with Crippen molar-refractivity contribution < 1.29 is 4.74 Å². The molecule has 0 saturated heterocycles. The third-order valence-electron chi connectivity index (χ3n) is 5.78. The van der Waals surface area contributed by atoms with Gasteiger partial charge in [-0.1, -0.05) is 18.2 Å². The topological polar surface area (TPSA) is 85.5 Å². The fourth-order valence-corrected chi connectivity index (χ4v) is 4.32. The van der Waals surface area contributed by atoms with E-state index < -0.39 is 0 Å². The molecule has 2 aromatic rings. The van der Waals surface area contributed by atoms with Crippen molar-refractivity contribution in [1.29, 1.82) is 0 Å². The first-order valence-electron chi connectivity index (χ1n) is 10.9. The molecule has 1 aromatic heterocycles. The SMILES string of the molecule is CN=C(NCCCn1nc2n(c1=O)CCCC2)NC1CC(C)(C)Oc2ccccc21. The number of hydrogen-bond acceptors (Lipinski definition) is 4. The molecule has 3 heterocycles. The fourth-order valence-electron chi connectivity index (χ4n) is 4.32. The molecule has 8 heteroatoms. The smallest absolute Gasteiger partial charge is 0.345 e. The third kappa shape index (κ3) is 4.37. The molecule has 0 aliphatic carbocycles. The lowest BCUT2D eigenvalue weighted by Crippen LogP contribution is -2.45. The van der Waals surface area contributed by atoms with Crippen molar-refractivity contribution in [3.63, 3.8) is 0 Å². The number of fused-ring (bicyclic) bond motifs is 2. The van der Waals surface area contributed by atoms with E-state index in [4.69, 9.17) is 4.74 Å². The molecular weight excluding hydrogens is 380 g/mol. The number of ether oxygens (including phenoxy) is 1. The minimum Gasteiger partial charge on any atom is -0.487 e. The summed E-state index contributed by atoms with van der Waals surface area (Å²) in [5, 5.41) is 11.4. The zero-order valence-electron chi connectivity index (χ0n) is 18.1. The summed E-state index contributed by atoms with van der Waals surface area (Å²) in [6, 6.07) is 8.28. The lowest BCUT2D eigenvalue weighted by atomic mass is 9.90. The van der Waals surface area contributed by atoms with Crippen LogP contribution in [0.15, 0.2) is 34.1 Å². The number of nitrogens with zero attached hydrogens (tertiary/aromatic N) is 4. The quantitative estimate of drug-likeness (QED) is 0.447. The summed E-state index contributed by atoms with van der Waals surface area (Å²) in [6.07, 6.45) is 4.73. The van der Waals surface area contributed by atoms with Gasteiger partial charge in [-0.15, -0.1) is 0 Å². The molecule has 8 nitrogen and oxygen atoms in total. The molecule has 1 aromatic carbocycles. The van der Waals surface area contributed by atoms with Crippen molar-refractivity contribution in [3.8, 4) is 5.75 Å². The number of aliphatic imine (C=N–C) groups is 1. The Bertz CT molecular complexity index is 974. The van der Waals surface area contributed by atoms with Crippen LogP contribution < -0.4 is 21.1 Å². The van der Waals surface area contributed by atoms with Crippen molar-refractivity contribution in [2.24, 2.45) is 4.99 Å². The molecule has 0 spiro atoms. The van der Waals surface area contributed by atoms with E-state index in [1.165, 1.54) is 0 Å². The molecule has 0 radical (unpaired) electrons. The van der Waals surface area contributed by atoms with Crippen molar-refractivity contribution >= 4 is 5.96 Å². The Morgan fingerprint density at radius 2 is 2.17 bits per heavy atom. The number of nitrogens with one attached hydrogen (secondary N) is 2. The molecule has 0 saturated carbocycles. The number of aryl methyl sites for hydroxylation is 2. The highest BCUT2D eigenvalue weighted by Crippen LogP contribution is 2.39. The maximum atomic E-state index is 12.4. The summed E-state index contributed by atoms with van der Waals surface area (Å²) < 4.78 is 9.54. The van der Waals surface area contributed by atoms with Crippen LogP contribution >= 0.6 is 0 Å². The van der Waals surface area contributed by atoms with E-state index in [0.717, 1.165) is 61.7 Å². The highest BCUT2D eigenvalue weighted by molar-refractivity contribution is 5.80. The van der Waals surface area contributed by atoms with Crippen LogP contribution in [0.4, 0.5) is 0 Å². The molecule has 2 aliphatic rings. The molecule has 4 rings (SSSR count). The molecule has 162 valence electrons. The molecule has 1 atom stereocenters. The standard InChI is InChI=1S/C22H32N6O2/c1-22(2)15-17(16-9-4-5-10-18(16)30-22)25-20(23-3)24-12-8-14-28-21(29)27-13-7-6-11-19(27)26-28/h4-5,9-10,17H,6-8,11-15H2,1-3H3,(H2,23,24,25).